The summed E-state index contributed by atoms with van der Waals surface area (Å²) in [5.41, 5.74) is 3.11. The number of ether oxygens (including phenoxy) is 1. The monoisotopic (exact) mass is 478 g/mol. The number of nitrogens with zero attached hydrogens (tertiary/aromatic N) is 2. The Hall–Kier alpha value is -3.75. The molecule has 1 unspecified atom stereocenters. The number of nitriles is 1. The fourth-order valence-electron chi connectivity index (χ4n) is 4.56. The molecule has 0 saturated carbocycles. The topological polar surface area (TPSA) is 53.3 Å². The van der Waals surface area contributed by atoms with Crippen LogP contribution in [-0.2, 0) is 4.74 Å². The lowest BCUT2D eigenvalue weighted by Crippen LogP contribution is -2.26. The van der Waals surface area contributed by atoms with Crippen molar-refractivity contribution in [2.45, 2.75) is 18.8 Å². The van der Waals surface area contributed by atoms with Crippen LogP contribution in [-0.4, -0.2) is 29.5 Å². The predicted octanol–water partition coefficient (Wildman–Crippen LogP) is 6.62. The number of likely N-dealkylation sites (tertiary alicyclic amines) is 1. The van der Waals surface area contributed by atoms with E-state index in [1.165, 1.54) is 11.8 Å². The summed E-state index contributed by atoms with van der Waals surface area (Å²) in [7, 11) is 0. The molecule has 5 rings (SSSR count). The van der Waals surface area contributed by atoms with Gasteiger partial charge in [0.25, 0.3) is 0 Å². The summed E-state index contributed by atoms with van der Waals surface area (Å²) in [5.74, 6) is 1.42. The van der Waals surface area contributed by atoms with Gasteiger partial charge in [-0.05, 0) is 18.4 Å². The van der Waals surface area contributed by atoms with E-state index in [0.717, 1.165) is 37.1 Å². The fourth-order valence-corrected chi connectivity index (χ4v) is 5.79. The maximum absolute atomic E-state index is 13.8. The maximum atomic E-state index is 13.8. The Bertz CT molecular complexity index is 1290. The lowest BCUT2D eigenvalue weighted by Gasteiger charge is -2.30. The minimum absolute atomic E-state index is 0.0672. The van der Waals surface area contributed by atoms with Crippen LogP contribution in [0, 0.1) is 11.3 Å². The third-order valence-electron chi connectivity index (χ3n) is 6.37. The van der Waals surface area contributed by atoms with Gasteiger partial charge in [-0.2, -0.15) is 5.26 Å². The number of benzene rings is 3. The van der Waals surface area contributed by atoms with Gasteiger partial charge in [0.1, 0.15) is 6.07 Å². The van der Waals surface area contributed by atoms with Gasteiger partial charge in [-0.15, -0.1) is 11.8 Å². The molecule has 0 bridgehead atoms. The van der Waals surface area contributed by atoms with E-state index in [1.54, 1.807) is 0 Å². The molecule has 0 N–H and O–H groups in total. The molecule has 35 heavy (non-hydrogen) atoms. The van der Waals surface area contributed by atoms with Gasteiger partial charge in [0.15, 0.2) is 5.76 Å². The summed E-state index contributed by atoms with van der Waals surface area (Å²) in [6, 6.07) is 31.6. The number of hydrogen-bond donors (Lipinski definition) is 0. The summed E-state index contributed by atoms with van der Waals surface area (Å²) < 4.78 is 6.69. The summed E-state index contributed by atoms with van der Waals surface area (Å²) in [6.45, 7) is 1.67. The van der Waals surface area contributed by atoms with E-state index in [4.69, 9.17) is 4.74 Å². The Morgan fingerprint density at radius 1 is 0.886 bits per heavy atom. The van der Waals surface area contributed by atoms with E-state index in [9.17, 15) is 10.1 Å². The van der Waals surface area contributed by atoms with Crippen molar-refractivity contribution in [1.29, 1.82) is 5.26 Å². The predicted molar refractivity (Wildman–Crippen MR) is 140 cm³/mol. The van der Waals surface area contributed by atoms with E-state index < -0.39 is 0 Å². The second-order valence-corrected chi connectivity index (χ2v) is 9.65. The normalized spacial score (nSPS) is 22.6. The number of hydrogen-bond acceptors (Lipinski definition) is 5. The number of ketones is 1. The van der Waals surface area contributed by atoms with Crippen molar-refractivity contribution in [2.75, 3.05) is 18.8 Å². The van der Waals surface area contributed by atoms with Crippen molar-refractivity contribution in [3.63, 3.8) is 0 Å². The van der Waals surface area contributed by atoms with Crippen LogP contribution in [0.15, 0.2) is 107 Å². The quantitative estimate of drug-likeness (QED) is 0.386. The van der Waals surface area contributed by atoms with Gasteiger partial charge < -0.3 is 9.64 Å². The first-order chi connectivity index (χ1) is 17.3. The van der Waals surface area contributed by atoms with Gasteiger partial charge in [0.05, 0.1) is 10.5 Å². The molecular formula is C30H26N2O2S. The van der Waals surface area contributed by atoms with Crippen LogP contribution in [0.1, 0.15) is 40.2 Å². The molecule has 0 aromatic heterocycles. The van der Waals surface area contributed by atoms with Crippen molar-refractivity contribution >= 4 is 23.3 Å². The maximum Gasteiger partial charge on any atom is 0.210 e. The zero-order valence-corrected chi connectivity index (χ0v) is 20.2. The smallest absolute Gasteiger partial charge is 0.210 e. The standard InChI is InChI=1S/C30H26N2O2S/c31-20-25-26(22-12-4-1-5-13-22)21-35-29(27(33)23-14-6-2-7-15-23)28(24-16-8-3-9-17-24)34-30(25)32-18-10-11-19-32/h1-9,12-17,26H,10-11,18-19,21H2/b29-28-,30-25-. The molecule has 3 aromatic rings. The van der Waals surface area contributed by atoms with E-state index in [2.05, 4.69) is 11.0 Å². The van der Waals surface area contributed by atoms with E-state index in [0.29, 0.717) is 33.4 Å². The molecule has 4 nitrogen and oxygen atoms in total. The molecule has 1 saturated heterocycles. The van der Waals surface area contributed by atoms with Gasteiger partial charge in [-0.1, -0.05) is 91.0 Å². The lowest BCUT2D eigenvalue weighted by atomic mass is 9.93. The molecule has 0 spiro atoms. The largest absolute Gasteiger partial charge is 0.438 e. The molecule has 1 atom stereocenters. The first kappa shape index (κ1) is 23.0. The number of rotatable bonds is 5. The highest BCUT2D eigenvalue weighted by atomic mass is 32.2. The van der Waals surface area contributed by atoms with Gasteiger partial charge in [0, 0.05) is 35.9 Å². The van der Waals surface area contributed by atoms with Crippen molar-refractivity contribution in [2.24, 2.45) is 0 Å². The Balaban J connectivity index is 1.70. The zero-order chi connectivity index (χ0) is 24.0. The minimum Gasteiger partial charge on any atom is -0.438 e. The van der Waals surface area contributed by atoms with Crippen molar-refractivity contribution in [1.82, 2.24) is 4.90 Å². The van der Waals surface area contributed by atoms with E-state index in [-0.39, 0.29) is 11.7 Å². The van der Waals surface area contributed by atoms with Gasteiger partial charge in [0.2, 0.25) is 11.7 Å². The molecule has 3 aromatic carbocycles. The summed E-state index contributed by atoms with van der Waals surface area (Å²) >= 11 is 1.47. The lowest BCUT2D eigenvalue weighted by molar-refractivity contribution is 0.104. The molecule has 5 heteroatoms. The van der Waals surface area contributed by atoms with Crippen molar-refractivity contribution in [3.8, 4) is 6.07 Å². The summed E-state index contributed by atoms with van der Waals surface area (Å²) in [5, 5.41) is 10.4. The molecule has 2 aliphatic heterocycles. The Labute approximate surface area is 210 Å². The summed E-state index contributed by atoms with van der Waals surface area (Å²) in [4.78, 5) is 16.5. The average Bonchev–Trinajstić information content (AvgIpc) is 3.45. The van der Waals surface area contributed by atoms with Gasteiger partial charge >= 0.3 is 0 Å². The van der Waals surface area contributed by atoms with Crippen molar-refractivity contribution in [3.05, 3.63) is 124 Å². The van der Waals surface area contributed by atoms with Crippen LogP contribution in [0.5, 0.6) is 0 Å². The highest BCUT2D eigenvalue weighted by Crippen LogP contribution is 2.42. The summed E-state index contributed by atoms with van der Waals surface area (Å²) in [6.07, 6.45) is 2.10. The van der Waals surface area contributed by atoms with Gasteiger partial charge in [-0.3, -0.25) is 4.79 Å². The van der Waals surface area contributed by atoms with Crippen LogP contribution in [0.3, 0.4) is 0 Å². The fraction of sp³-hybridized carbons (Fsp3) is 0.200. The average molecular weight is 479 g/mol. The number of Topliss-reactive ketones (excluding diaryl/α,β-unsaturated/α-hetero) is 1. The molecule has 2 heterocycles. The number of carbonyl (C=O) groups is 1. The molecule has 0 aliphatic carbocycles. The molecule has 174 valence electrons. The Morgan fingerprint density at radius 2 is 1.49 bits per heavy atom. The second kappa shape index (κ2) is 10.7. The van der Waals surface area contributed by atoms with E-state index in [1.807, 2.05) is 91.0 Å². The van der Waals surface area contributed by atoms with Crippen LogP contribution in [0.2, 0.25) is 0 Å². The first-order valence-corrected chi connectivity index (χ1v) is 12.9. The van der Waals surface area contributed by atoms with Gasteiger partial charge in [-0.25, -0.2) is 0 Å². The molecular weight excluding hydrogens is 452 g/mol. The molecule has 1 fully saturated rings. The number of carbonyl (C=O) groups excluding carboxylic acids is 1. The van der Waals surface area contributed by atoms with Crippen LogP contribution < -0.4 is 0 Å². The Kier molecular flexibility index (Phi) is 7.02. The van der Waals surface area contributed by atoms with Crippen molar-refractivity contribution < 1.29 is 9.53 Å². The van der Waals surface area contributed by atoms with Crippen LogP contribution in [0.4, 0.5) is 0 Å². The highest BCUT2D eigenvalue weighted by molar-refractivity contribution is 8.04. The van der Waals surface area contributed by atoms with Crippen LogP contribution >= 0.6 is 11.8 Å². The first-order valence-electron chi connectivity index (χ1n) is 11.9. The minimum atomic E-state index is -0.183. The SMILES string of the molecule is N#C/C1=C(\N2CCCC2)O/C(c2ccccc2)=C(/C(=O)c2ccccc2)SCC1c1ccccc1. The molecule has 0 amide bonds. The van der Waals surface area contributed by atoms with E-state index >= 15 is 0 Å². The number of thioether (sulfide) groups is 1. The highest BCUT2D eigenvalue weighted by Gasteiger charge is 2.33. The Morgan fingerprint density at radius 3 is 2.11 bits per heavy atom. The third-order valence-corrected chi connectivity index (χ3v) is 7.53. The zero-order valence-electron chi connectivity index (χ0n) is 19.4. The van der Waals surface area contributed by atoms with Crippen LogP contribution in [0.25, 0.3) is 5.76 Å². The third kappa shape index (κ3) is 4.89. The molecule has 2 aliphatic rings. The number of allylic oxidation sites excluding steroid dienone is 2. The second-order valence-electron chi connectivity index (χ2n) is 8.62. The molecule has 0 radical (unpaired) electrons.